The molecular weight excluding hydrogens is 160 g/mol. The predicted octanol–water partition coefficient (Wildman–Crippen LogP) is -0.816. The standard InChI is InChI=1S/C7H18O3Si/c1-9-5-7(8)6-10-3-2-4-11/h7-8H,2-6H2,1,11H3/i11T3. The summed E-state index contributed by atoms with van der Waals surface area (Å²) in [5.41, 5.74) is 0. The van der Waals surface area contributed by atoms with Crippen molar-refractivity contribution < 1.29 is 14.6 Å². The van der Waals surface area contributed by atoms with Gasteiger partial charge in [0.15, 0.2) is 0 Å². The topological polar surface area (TPSA) is 38.7 Å². The van der Waals surface area contributed by atoms with E-state index in [0.29, 0.717) is 13.0 Å². The minimum Gasteiger partial charge on any atom is -0.388 e. The summed E-state index contributed by atoms with van der Waals surface area (Å²) in [6, 6.07) is 0.285. The molecule has 1 N–H and O–H groups in total. The first-order valence-electron chi connectivity index (χ1n) is 5.20. The van der Waals surface area contributed by atoms with E-state index in [0.717, 1.165) is 0 Å². The lowest BCUT2D eigenvalue weighted by atomic mass is 10.4. The molecule has 0 aliphatic rings. The average Bonchev–Trinajstić information content (AvgIpc) is 2.02. The summed E-state index contributed by atoms with van der Waals surface area (Å²) in [6.07, 6.45) is -0.0763. The van der Waals surface area contributed by atoms with Crippen LogP contribution in [0, 0.1) is 0 Å². The highest BCUT2D eigenvalue weighted by molar-refractivity contribution is 6.08. The van der Waals surface area contributed by atoms with Crippen LogP contribution in [0.1, 0.15) is 6.42 Å². The number of rotatable bonds is 8. The van der Waals surface area contributed by atoms with E-state index in [1.165, 1.54) is 7.11 Å². The Labute approximate surface area is 74.8 Å². The molecule has 0 heterocycles. The molecule has 0 aliphatic heterocycles. The van der Waals surface area contributed by atoms with Gasteiger partial charge in [-0.05, 0) is 6.42 Å². The Bertz CT molecular complexity index is 143. The molecule has 1 unspecified atom stereocenters. The fourth-order valence-electron chi connectivity index (χ4n) is 0.634. The lowest BCUT2D eigenvalue weighted by Crippen LogP contribution is -2.21. The fraction of sp³-hybridized carbons (Fsp3) is 1.00. The van der Waals surface area contributed by atoms with Gasteiger partial charge in [0.1, 0.15) is 6.10 Å². The molecule has 0 radical (unpaired) electrons. The predicted molar refractivity (Wildman–Crippen MR) is 48.1 cm³/mol. The maximum Gasteiger partial charge on any atom is 0.101 e. The summed E-state index contributed by atoms with van der Waals surface area (Å²) >= 11 is 0. The van der Waals surface area contributed by atoms with Crippen molar-refractivity contribution in [2.45, 2.75) is 18.6 Å². The zero-order valence-electron chi connectivity index (χ0n) is 9.88. The van der Waals surface area contributed by atoms with E-state index in [9.17, 15) is 0 Å². The van der Waals surface area contributed by atoms with E-state index >= 15 is 0 Å². The van der Waals surface area contributed by atoms with Gasteiger partial charge in [-0.3, -0.25) is 0 Å². The number of aliphatic hydroxyl groups is 1. The molecule has 68 valence electrons. The van der Waals surface area contributed by atoms with Crippen molar-refractivity contribution in [2.24, 2.45) is 0 Å². The molecule has 11 heavy (non-hydrogen) atoms. The second-order valence-electron chi connectivity index (χ2n) is 2.29. The highest BCUT2D eigenvalue weighted by Gasteiger charge is 2.01. The van der Waals surface area contributed by atoms with Crippen molar-refractivity contribution in [3.05, 3.63) is 0 Å². The van der Waals surface area contributed by atoms with E-state index < -0.39 is 16.1 Å². The van der Waals surface area contributed by atoms with E-state index in [-0.39, 0.29) is 19.3 Å². The summed E-state index contributed by atoms with van der Waals surface area (Å²) in [6.45, 7) is 0.844. The molecule has 4 heteroatoms. The molecule has 0 aromatic rings. The van der Waals surface area contributed by atoms with Gasteiger partial charge in [-0.2, -0.15) is 0 Å². The van der Waals surface area contributed by atoms with Crippen molar-refractivity contribution >= 4 is 10.0 Å². The van der Waals surface area contributed by atoms with E-state index in [2.05, 4.69) is 0 Å². The Kier molecular flexibility index (Phi) is 4.91. The molecule has 0 aromatic heterocycles. The van der Waals surface area contributed by atoms with E-state index in [1.54, 1.807) is 0 Å². The molecule has 0 rings (SSSR count). The van der Waals surface area contributed by atoms with E-state index in [1.807, 2.05) is 0 Å². The molecule has 0 saturated heterocycles. The van der Waals surface area contributed by atoms with Gasteiger partial charge >= 0.3 is 0 Å². The van der Waals surface area contributed by atoms with Crippen molar-refractivity contribution in [1.82, 2.24) is 0 Å². The third-order valence-corrected chi connectivity index (χ3v) is 1.49. The van der Waals surface area contributed by atoms with E-state index in [4.69, 9.17) is 18.3 Å². The number of aliphatic hydroxyl groups excluding tert-OH is 1. The van der Waals surface area contributed by atoms with Crippen molar-refractivity contribution in [2.75, 3.05) is 26.9 Å². The zero-order chi connectivity index (χ0) is 11.0. The monoisotopic (exact) mass is 184 g/mol. The van der Waals surface area contributed by atoms with Crippen LogP contribution in [0.5, 0.6) is 0 Å². The summed E-state index contributed by atoms with van der Waals surface area (Å²) in [5.74, 6) is 0. The first-order valence-corrected chi connectivity index (χ1v) is 4.41. The third-order valence-electron chi connectivity index (χ3n) is 1.13. The second-order valence-corrected chi connectivity index (χ2v) is 2.79. The van der Waals surface area contributed by atoms with Crippen LogP contribution < -0.4 is 0 Å². The van der Waals surface area contributed by atoms with Crippen molar-refractivity contribution in [3.63, 3.8) is 0 Å². The van der Waals surface area contributed by atoms with Crippen LogP contribution in [0.15, 0.2) is 0 Å². The molecule has 0 amide bonds. The number of methoxy groups -OCH3 is 1. The van der Waals surface area contributed by atoms with Gasteiger partial charge in [0.05, 0.1) is 13.2 Å². The first kappa shape index (κ1) is 6.60. The largest absolute Gasteiger partial charge is 0.388 e. The molecule has 0 bridgehead atoms. The number of ether oxygens (including phenoxy) is 2. The van der Waals surface area contributed by atoms with Gasteiger partial charge in [-0.1, -0.05) is 6.04 Å². The fourth-order valence-corrected chi connectivity index (χ4v) is 0.778. The molecule has 0 aliphatic carbocycles. The smallest absolute Gasteiger partial charge is 0.101 e. The van der Waals surface area contributed by atoms with Gasteiger partial charge in [0, 0.05) is 27.5 Å². The quantitative estimate of drug-likeness (QED) is 0.396. The van der Waals surface area contributed by atoms with Gasteiger partial charge < -0.3 is 14.6 Å². The lowest BCUT2D eigenvalue weighted by molar-refractivity contribution is -0.00577. The molecule has 0 fully saturated rings. The molecule has 0 spiro atoms. The van der Waals surface area contributed by atoms with Crippen molar-refractivity contribution in [3.8, 4) is 0 Å². The lowest BCUT2D eigenvalue weighted by Gasteiger charge is -2.09. The molecule has 0 aromatic carbocycles. The third kappa shape index (κ3) is 8.00. The number of hydrogen-bond donors (Lipinski definition) is 1. The highest BCUT2D eigenvalue weighted by Crippen LogP contribution is 1.90. The van der Waals surface area contributed by atoms with Gasteiger partial charge in [-0.25, -0.2) is 0 Å². The van der Waals surface area contributed by atoms with Crippen LogP contribution in [0.25, 0.3) is 0 Å². The van der Waals surface area contributed by atoms with Crippen LogP contribution in [0.3, 0.4) is 0 Å². The Morgan fingerprint density at radius 2 is 2.45 bits per heavy atom. The maximum atomic E-state index is 9.16. The minimum absolute atomic E-state index is 0.205. The first-order chi connectivity index (χ1) is 6.45. The van der Waals surface area contributed by atoms with Crippen LogP contribution in [0.4, 0.5) is 0 Å². The van der Waals surface area contributed by atoms with Gasteiger partial charge in [0.25, 0.3) is 0 Å². The molecular formula is C7H18O3Si. The summed E-state index contributed by atoms with van der Waals surface area (Å²) in [5, 5.41) is 9.16. The highest BCUT2D eigenvalue weighted by atomic mass is 28.1. The molecule has 0 saturated carbocycles. The van der Waals surface area contributed by atoms with Gasteiger partial charge in [0.2, 0.25) is 0 Å². The van der Waals surface area contributed by atoms with Crippen LogP contribution >= 0.6 is 0 Å². The van der Waals surface area contributed by atoms with Crippen LogP contribution in [-0.4, -0.2) is 51.9 Å². The number of hydrogen-bond acceptors (Lipinski definition) is 3. The molecule has 1 atom stereocenters. The van der Waals surface area contributed by atoms with Crippen molar-refractivity contribution in [1.29, 1.82) is 3.70 Å². The second kappa shape index (κ2) is 8.20. The van der Waals surface area contributed by atoms with Crippen LogP contribution in [0.2, 0.25) is 6.04 Å². The average molecular weight is 184 g/mol. The summed E-state index contributed by atoms with van der Waals surface area (Å²) in [4.78, 5) is 0. The van der Waals surface area contributed by atoms with Crippen LogP contribution in [-0.2, 0) is 9.47 Å². The molecule has 3 nitrogen and oxygen atoms in total. The van der Waals surface area contributed by atoms with Gasteiger partial charge in [-0.15, -0.1) is 0 Å². The minimum atomic E-state index is -3.17. The normalized spacial score (nSPS) is 18.5. The Morgan fingerprint density at radius 1 is 1.64 bits per heavy atom. The Balaban J connectivity index is 3.21. The Morgan fingerprint density at radius 3 is 3.09 bits per heavy atom. The zero-order valence-corrected chi connectivity index (χ0v) is 7.88. The SMILES string of the molecule is [3H][Si]([3H])([3H])CCCOCC(O)COC. The Hall–Kier alpha value is 0.0969. The summed E-state index contributed by atoms with van der Waals surface area (Å²) < 4.78 is 31.0. The summed E-state index contributed by atoms with van der Waals surface area (Å²) in [7, 11) is -1.66. The maximum absolute atomic E-state index is 9.16.